The van der Waals surface area contributed by atoms with Crippen LogP contribution in [0.1, 0.15) is 5.56 Å². The highest BCUT2D eigenvalue weighted by atomic mass is 79.9. The second-order valence-electron chi connectivity index (χ2n) is 3.95. The molecule has 0 radical (unpaired) electrons. The van der Waals surface area contributed by atoms with Crippen molar-refractivity contribution in [3.05, 3.63) is 28.2 Å². The standard InChI is InChI=1S/C12H17BrN4O/c1-8-6-5-7-9(13)10(8)15-12(18)16-11(14-2)17(3)4/h5-7H,1-4H3,(H2,14,15,16,18). The maximum Gasteiger partial charge on any atom is 0.326 e. The molecule has 98 valence electrons. The highest BCUT2D eigenvalue weighted by molar-refractivity contribution is 9.10. The number of para-hydroxylation sites is 1. The number of rotatable bonds is 1. The number of aryl methyl sites for hydroxylation is 1. The molecule has 0 spiro atoms. The zero-order valence-electron chi connectivity index (χ0n) is 10.9. The quantitative estimate of drug-likeness (QED) is 0.618. The van der Waals surface area contributed by atoms with Gasteiger partial charge >= 0.3 is 6.03 Å². The largest absolute Gasteiger partial charge is 0.349 e. The summed E-state index contributed by atoms with van der Waals surface area (Å²) in [5, 5.41) is 5.47. The first-order valence-electron chi connectivity index (χ1n) is 5.43. The van der Waals surface area contributed by atoms with Gasteiger partial charge in [0.15, 0.2) is 0 Å². The molecule has 0 atom stereocenters. The minimum absolute atomic E-state index is 0.320. The van der Waals surface area contributed by atoms with Gasteiger partial charge in [0.2, 0.25) is 5.96 Å². The third-order valence-electron chi connectivity index (χ3n) is 2.32. The topological polar surface area (TPSA) is 56.7 Å². The Bertz CT molecular complexity index is 451. The molecule has 2 amide bonds. The van der Waals surface area contributed by atoms with E-state index in [2.05, 4.69) is 31.6 Å². The summed E-state index contributed by atoms with van der Waals surface area (Å²) >= 11 is 3.40. The average Bonchev–Trinajstić information content (AvgIpc) is 2.30. The Morgan fingerprint density at radius 3 is 2.56 bits per heavy atom. The average molecular weight is 313 g/mol. The minimum atomic E-state index is -0.320. The van der Waals surface area contributed by atoms with Crippen LogP contribution in [0.15, 0.2) is 27.7 Å². The van der Waals surface area contributed by atoms with Crippen molar-refractivity contribution in [2.24, 2.45) is 4.99 Å². The van der Waals surface area contributed by atoms with Crippen molar-refractivity contribution in [1.29, 1.82) is 0 Å². The Morgan fingerprint density at radius 2 is 2.06 bits per heavy atom. The van der Waals surface area contributed by atoms with E-state index in [1.54, 1.807) is 11.9 Å². The molecule has 18 heavy (non-hydrogen) atoms. The van der Waals surface area contributed by atoms with E-state index in [0.29, 0.717) is 5.96 Å². The van der Waals surface area contributed by atoms with Crippen LogP contribution in [0.3, 0.4) is 0 Å². The number of hydrogen-bond acceptors (Lipinski definition) is 2. The zero-order valence-corrected chi connectivity index (χ0v) is 12.5. The first-order chi connectivity index (χ1) is 8.45. The number of guanidine groups is 1. The predicted molar refractivity (Wildman–Crippen MR) is 78.1 cm³/mol. The lowest BCUT2D eigenvalue weighted by molar-refractivity contribution is 0.255. The van der Waals surface area contributed by atoms with Crippen molar-refractivity contribution < 1.29 is 4.79 Å². The van der Waals surface area contributed by atoms with Crippen LogP contribution >= 0.6 is 15.9 Å². The molecule has 6 heteroatoms. The summed E-state index contributed by atoms with van der Waals surface area (Å²) in [6, 6.07) is 5.41. The third kappa shape index (κ3) is 3.73. The van der Waals surface area contributed by atoms with Crippen molar-refractivity contribution >= 4 is 33.6 Å². The Morgan fingerprint density at radius 1 is 1.39 bits per heavy atom. The smallest absolute Gasteiger partial charge is 0.326 e. The number of carbonyl (C=O) groups is 1. The predicted octanol–water partition coefficient (Wildman–Crippen LogP) is 2.43. The number of aliphatic imine (C=N–C) groups is 1. The van der Waals surface area contributed by atoms with Gasteiger partial charge in [0.1, 0.15) is 0 Å². The van der Waals surface area contributed by atoms with E-state index in [1.807, 2.05) is 39.2 Å². The third-order valence-corrected chi connectivity index (χ3v) is 2.98. The maximum atomic E-state index is 11.8. The Kier molecular flexibility index (Phi) is 5.15. The van der Waals surface area contributed by atoms with Gasteiger partial charge in [-0.1, -0.05) is 12.1 Å². The molecular formula is C12H17BrN4O. The van der Waals surface area contributed by atoms with E-state index in [1.165, 1.54) is 0 Å². The second-order valence-corrected chi connectivity index (χ2v) is 4.81. The van der Waals surface area contributed by atoms with E-state index in [9.17, 15) is 4.79 Å². The number of halogens is 1. The molecule has 2 N–H and O–H groups in total. The number of carbonyl (C=O) groups excluding carboxylic acids is 1. The van der Waals surface area contributed by atoms with Crippen LogP contribution in [-0.4, -0.2) is 38.0 Å². The summed E-state index contributed by atoms with van der Waals surface area (Å²) in [7, 11) is 5.25. The first kappa shape index (κ1) is 14.5. The van der Waals surface area contributed by atoms with Crippen molar-refractivity contribution in [3.8, 4) is 0 Å². The van der Waals surface area contributed by atoms with Gasteiger partial charge in [-0.15, -0.1) is 0 Å². The van der Waals surface area contributed by atoms with Gasteiger partial charge in [0.25, 0.3) is 0 Å². The van der Waals surface area contributed by atoms with Gasteiger partial charge in [-0.05, 0) is 34.5 Å². The molecule has 0 bridgehead atoms. The molecule has 1 aromatic rings. The molecule has 1 rings (SSSR count). The van der Waals surface area contributed by atoms with Gasteiger partial charge < -0.3 is 10.2 Å². The molecule has 0 saturated carbocycles. The molecule has 1 aromatic carbocycles. The summed E-state index contributed by atoms with van der Waals surface area (Å²) in [5.74, 6) is 0.497. The fourth-order valence-electron chi connectivity index (χ4n) is 1.40. The lowest BCUT2D eigenvalue weighted by Gasteiger charge is -2.17. The fourth-order valence-corrected chi connectivity index (χ4v) is 1.97. The Labute approximate surface area is 115 Å². The lowest BCUT2D eigenvalue weighted by atomic mass is 10.2. The summed E-state index contributed by atoms with van der Waals surface area (Å²) in [4.78, 5) is 17.5. The number of anilines is 1. The zero-order chi connectivity index (χ0) is 13.7. The first-order valence-corrected chi connectivity index (χ1v) is 6.22. The van der Waals surface area contributed by atoms with Crippen LogP contribution in [-0.2, 0) is 0 Å². The molecule has 0 fully saturated rings. The summed E-state index contributed by atoms with van der Waals surface area (Å²) in [6.07, 6.45) is 0. The molecule has 0 aliphatic heterocycles. The van der Waals surface area contributed by atoms with Crippen LogP contribution in [0.25, 0.3) is 0 Å². The van der Waals surface area contributed by atoms with Gasteiger partial charge in [-0.25, -0.2) is 4.79 Å². The number of hydrogen-bond donors (Lipinski definition) is 2. The molecule has 0 aliphatic rings. The number of nitrogens with zero attached hydrogens (tertiary/aromatic N) is 2. The van der Waals surface area contributed by atoms with Crippen molar-refractivity contribution in [2.45, 2.75) is 6.92 Å². The normalized spacial score (nSPS) is 11.1. The molecule has 0 aromatic heterocycles. The molecular weight excluding hydrogens is 296 g/mol. The second kappa shape index (κ2) is 6.39. The van der Waals surface area contributed by atoms with Crippen LogP contribution in [0.2, 0.25) is 0 Å². The van der Waals surface area contributed by atoms with Crippen LogP contribution < -0.4 is 10.6 Å². The van der Waals surface area contributed by atoms with Crippen molar-refractivity contribution in [3.63, 3.8) is 0 Å². The van der Waals surface area contributed by atoms with Crippen LogP contribution in [0.4, 0.5) is 10.5 Å². The highest BCUT2D eigenvalue weighted by Gasteiger charge is 2.10. The van der Waals surface area contributed by atoms with Gasteiger partial charge in [0.05, 0.1) is 5.69 Å². The van der Waals surface area contributed by atoms with E-state index >= 15 is 0 Å². The fraction of sp³-hybridized carbons (Fsp3) is 0.333. The van der Waals surface area contributed by atoms with Gasteiger partial charge in [0, 0.05) is 25.6 Å². The maximum absolute atomic E-state index is 11.8. The summed E-state index contributed by atoms with van der Waals surface area (Å²) < 4.78 is 0.845. The number of benzene rings is 1. The van der Waals surface area contributed by atoms with Gasteiger partial charge in [-0.2, -0.15) is 0 Å². The molecule has 0 unspecified atom stereocenters. The monoisotopic (exact) mass is 312 g/mol. The Balaban J connectivity index is 2.77. The van der Waals surface area contributed by atoms with E-state index in [4.69, 9.17) is 0 Å². The van der Waals surface area contributed by atoms with E-state index in [-0.39, 0.29) is 6.03 Å². The molecule has 5 nitrogen and oxygen atoms in total. The molecule has 0 heterocycles. The molecule has 0 saturated heterocycles. The van der Waals surface area contributed by atoms with Crippen molar-refractivity contribution in [2.75, 3.05) is 26.5 Å². The van der Waals surface area contributed by atoms with Crippen LogP contribution in [0, 0.1) is 6.92 Å². The number of nitrogens with one attached hydrogen (secondary N) is 2. The summed E-state index contributed by atoms with van der Waals surface area (Å²) in [5.41, 5.74) is 1.74. The minimum Gasteiger partial charge on any atom is -0.349 e. The van der Waals surface area contributed by atoms with E-state index in [0.717, 1.165) is 15.7 Å². The Hall–Kier alpha value is -1.56. The molecule has 0 aliphatic carbocycles. The van der Waals surface area contributed by atoms with Gasteiger partial charge in [-0.3, -0.25) is 10.3 Å². The lowest BCUT2D eigenvalue weighted by Crippen LogP contribution is -2.42. The van der Waals surface area contributed by atoms with Crippen LogP contribution in [0.5, 0.6) is 0 Å². The SMILES string of the molecule is CN=C(NC(=O)Nc1c(C)cccc1Br)N(C)C. The van der Waals surface area contributed by atoms with E-state index < -0.39 is 0 Å². The summed E-state index contributed by atoms with van der Waals surface area (Å²) in [6.45, 7) is 1.93. The number of urea groups is 1. The number of amides is 2. The van der Waals surface area contributed by atoms with Crippen molar-refractivity contribution in [1.82, 2.24) is 10.2 Å². The highest BCUT2D eigenvalue weighted by Crippen LogP contribution is 2.25.